The molecule has 0 N–H and O–H groups in total. The van der Waals surface area contributed by atoms with Crippen molar-refractivity contribution in [2.45, 2.75) is 12.8 Å². The standard InChI is InChI=1S/C13H9.C9H6Br.2ClH.H2S.Zr/c1-3-7-12-10(5-1)9-11-6-2-4-8-13(11)12;10-9-6-2-4-7-3-1-5-8(7)9;;;;/h1-5,7-8H,9H2;1-3,6H,5H2;2*1H;1H2;/q2*-1;;;;+2/p-3. The number of halogens is 3. The molecule has 3 aromatic carbocycles. The second kappa shape index (κ2) is 11.6. The molecule has 5 rings (SSSR count). The van der Waals surface area contributed by atoms with E-state index in [0.29, 0.717) is 0 Å². The van der Waals surface area contributed by atoms with Gasteiger partial charge in [-0.1, -0.05) is 62.2 Å². The van der Waals surface area contributed by atoms with Crippen LogP contribution < -0.4 is 0 Å². The zero-order valence-electron chi connectivity index (χ0n) is 14.3. The van der Waals surface area contributed by atoms with Gasteiger partial charge < -0.3 is 13.5 Å². The number of hydrogen-bond donors (Lipinski definition) is 0. The molecular formula is C22H16BrCl2SZr-3. The van der Waals surface area contributed by atoms with Gasteiger partial charge in [-0.2, -0.15) is 29.8 Å². The van der Waals surface area contributed by atoms with E-state index in [1.165, 1.54) is 37.9 Å². The number of thiol groups is 1. The van der Waals surface area contributed by atoms with Crippen molar-refractivity contribution in [2.75, 3.05) is 0 Å². The minimum atomic E-state index is -0.826. The third kappa shape index (κ3) is 5.84. The molecule has 0 aromatic heterocycles. The van der Waals surface area contributed by atoms with Crippen LogP contribution in [0.1, 0.15) is 22.3 Å². The third-order valence-electron chi connectivity index (χ3n) is 4.30. The maximum Gasteiger partial charge on any atom is -0.0253 e. The fourth-order valence-corrected chi connectivity index (χ4v) is 3.68. The van der Waals surface area contributed by atoms with Crippen LogP contribution in [0.5, 0.6) is 0 Å². The summed E-state index contributed by atoms with van der Waals surface area (Å²) in [6.45, 7) is 0. The van der Waals surface area contributed by atoms with Crippen molar-refractivity contribution < 1.29 is 20.8 Å². The molecule has 2 aliphatic rings. The Morgan fingerprint density at radius 2 is 1.67 bits per heavy atom. The van der Waals surface area contributed by atoms with Crippen LogP contribution in [-0.2, 0) is 47.2 Å². The molecule has 5 heteroatoms. The van der Waals surface area contributed by atoms with Gasteiger partial charge >= 0.3 is 37.9 Å². The van der Waals surface area contributed by atoms with Crippen LogP contribution in [0.3, 0.4) is 0 Å². The Bertz CT molecular complexity index is 884. The largest absolute Gasteiger partial charge is 0.813 e. The molecule has 0 fully saturated rings. The molecule has 27 heavy (non-hydrogen) atoms. The molecule has 0 bridgehead atoms. The maximum absolute atomic E-state index is 4.93. The molecule has 138 valence electrons. The number of rotatable bonds is 0. The summed E-state index contributed by atoms with van der Waals surface area (Å²) in [5.41, 5.74) is 8.10. The zero-order valence-corrected chi connectivity index (χ0v) is 20.8. The van der Waals surface area contributed by atoms with E-state index in [9.17, 15) is 0 Å². The Balaban J connectivity index is 0.000000168. The van der Waals surface area contributed by atoms with E-state index in [4.69, 9.17) is 17.0 Å². The number of benzene rings is 3. The summed E-state index contributed by atoms with van der Waals surface area (Å²) in [7, 11) is 9.87. The van der Waals surface area contributed by atoms with Gasteiger partial charge in [0.15, 0.2) is 0 Å². The van der Waals surface area contributed by atoms with Crippen molar-refractivity contribution in [3.05, 3.63) is 99.5 Å². The summed E-state index contributed by atoms with van der Waals surface area (Å²) >= 11 is 2.66. The van der Waals surface area contributed by atoms with Crippen molar-refractivity contribution in [3.63, 3.8) is 0 Å². The van der Waals surface area contributed by atoms with Gasteiger partial charge in [0.2, 0.25) is 0 Å². The van der Waals surface area contributed by atoms with Gasteiger partial charge in [-0.05, 0) is 6.42 Å². The van der Waals surface area contributed by atoms with E-state index < -0.39 is 20.8 Å². The summed E-state index contributed by atoms with van der Waals surface area (Å²) in [5.74, 6) is 0. The first-order valence-electron chi connectivity index (χ1n) is 8.14. The second-order valence-electron chi connectivity index (χ2n) is 5.79. The van der Waals surface area contributed by atoms with Gasteiger partial charge in [0.25, 0.3) is 0 Å². The molecule has 0 atom stereocenters. The molecule has 3 aromatic rings. The van der Waals surface area contributed by atoms with E-state index in [1.54, 1.807) is 0 Å². The van der Waals surface area contributed by atoms with Gasteiger partial charge in [-0.3, -0.25) is 0 Å². The first kappa shape index (κ1) is 23.0. The first-order chi connectivity index (χ1) is 12.7. The van der Waals surface area contributed by atoms with Crippen molar-refractivity contribution in [1.29, 1.82) is 0 Å². The molecule has 0 amide bonds. The Labute approximate surface area is 195 Å². The van der Waals surface area contributed by atoms with Gasteiger partial charge in [0, 0.05) is 0 Å². The first-order valence-corrected chi connectivity index (χ1v) is 15.3. The van der Waals surface area contributed by atoms with E-state index in [1.807, 2.05) is 18.2 Å². The number of allylic oxidation sites excluding steroid dienone is 1. The fourth-order valence-electron chi connectivity index (χ4n) is 3.17. The zero-order chi connectivity index (χ0) is 18.4. The smallest absolute Gasteiger partial charge is 0.0253 e. The maximum atomic E-state index is 4.93. The van der Waals surface area contributed by atoms with E-state index in [0.717, 1.165) is 12.8 Å². The van der Waals surface area contributed by atoms with E-state index >= 15 is 0 Å². The van der Waals surface area contributed by atoms with Crippen molar-refractivity contribution >= 4 is 52.5 Å². The summed E-state index contributed by atoms with van der Waals surface area (Å²) in [6.07, 6.45) is 6.37. The minimum Gasteiger partial charge on any atom is -0.813 e. The number of hydrogen-bond acceptors (Lipinski definition) is 1. The van der Waals surface area contributed by atoms with Gasteiger partial charge in [0.05, 0.1) is 0 Å². The van der Waals surface area contributed by atoms with Crippen LogP contribution in [0, 0.1) is 12.1 Å². The predicted molar refractivity (Wildman–Crippen MR) is 120 cm³/mol. The van der Waals surface area contributed by atoms with Crippen LogP contribution in [0.25, 0.3) is 17.2 Å². The summed E-state index contributed by atoms with van der Waals surface area (Å²) in [6, 6.07) is 25.3. The third-order valence-corrected chi connectivity index (χ3v) is 5.05. The van der Waals surface area contributed by atoms with E-state index in [2.05, 4.69) is 76.6 Å². The SMILES string of the molecule is Brc1cc[c-]c2c1CC=C2.[Cl][Zr][Cl].[SH-].[c-]1cccc2c1Cc1ccccc1-2. The summed E-state index contributed by atoms with van der Waals surface area (Å²) < 4.78 is 1.20. The van der Waals surface area contributed by atoms with Crippen LogP contribution in [0.4, 0.5) is 0 Å². The molecule has 0 aliphatic heterocycles. The summed E-state index contributed by atoms with van der Waals surface area (Å²) in [4.78, 5) is 0. The van der Waals surface area contributed by atoms with Gasteiger partial charge in [-0.25, -0.2) is 0 Å². The fraction of sp³-hybridized carbons (Fsp3) is 0.0909. The Morgan fingerprint density at radius 3 is 2.44 bits per heavy atom. The predicted octanol–water partition coefficient (Wildman–Crippen LogP) is 6.98. The molecule has 2 aliphatic carbocycles. The molecule has 0 heterocycles. The van der Waals surface area contributed by atoms with Gasteiger partial charge in [-0.15, -0.1) is 47.0 Å². The van der Waals surface area contributed by atoms with Gasteiger partial charge in [0.1, 0.15) is 0 Å². The molecule has 0 unspecified atom stereocenters. The molecule has 0 saturated carbocycles. The molecule has 0 spiro atoms. The monoisotopic (exact) mass is 551 g/mol. The van der Waals surface area contributed by atoms with Crippen LogP contribution in [-0.4, -0.2) is 0 Å². The molecule has 0 saturated heterocycles. The normalized spacial score (nSPS) is 11.5. The van der Waals surface area contributed by atoms with Crippen molar-refractivity contribution in [2.24, 2.45) is 0 Å². The Hall–Kier alpha value is -0.307. The topological polar surface area (TPSA) is 0 Å². The number of fused-ring (bicyclic) bond motifs is 4. The second-order valence-corrected chi connectivity index (χ2v) is 10.4. The molecule has 0 nitrogen and oxygen atoms in total. The minimum absolute atomic E-state index is 0. The van der Waals surface area contributed by atoms with Crippen LogP contribution in [0.15, 0.2) is 65.1 Å². The van der Waals surface area contributed by atoms with Crippen molar-refractivity contribution in [3.8, 4) is 11.1 Å². The van der Waals surface area contributed by atoms with E-state index in [-0.39, 0.29) is 13.5 Å². The Morgan fingerprint density at radius 1 is 0.926 bits per heavy atom. The average molecular weight is 554 g/mol. The Kier molecular flexibility index (Phi) is 9.90. The molecule has 0 radical (unpaired) electrons. The average Bonchev–Trinajstić information content (AvgIpc) is 3.28. The molecular weight excluding hydrogens is 538 g/mol. The van der Waals surface area contributed by atoms with Crippen molar-refractivity contribution in [1.82, 2.24) is 0 Å². The quantitative estimate of drug-likeness (QED) is 0.128. The van der Waals surface area contributed by atoms with Crippen LogP contribution in [0.2, 0.25) is 0 Å². The summed E-state index contributed by atoms with van der Waals surface area (Å²) in [5, 5.41) is 0. The van der Waals surface area contributed by atoms with Crippen LogP contribution >= 0.6 is 33.0 Å².